The number of allylic oxidation sites excluding steroid dienone is 14. The maximum atomic E-state index is 12.6. The molecule has 0 fully saturated rings. The van der Waals surface area contributed by atoms with Crippen molar-refractivity contribution in [3.63, 3.8) is 0 Å². The third-order valence-electron chi connectivity index (χ3n) is 15.4. The highest BCUT2D eigenvalue weighted by molar-refractivity contribution is 5.76. The SMILES string of the molecule is CC/C=C\C/C=C\C/C=C\C/C=C\C/C=C\C/C=C\C/C=C\CCCCCCCCCCCC(=O)NC(CO)C(O)CCCCCCCCCCCCCCCCCCCCCCCCCCCCCCCCCCC. The number of amides is 1. The normalized spacial score (nSPS) is 13.3. The quantitative estimate of drug-likeness (QED) is 0.0420. The molecule has 3 N–H and O–H groups in total. The smallest absolute Gasteiger partial charge is 0.220 e. The van der Waals surface area contributed by atoms with Gasteiger partial charge in [-0.25, -0.2) is 0 Å². The summed E-state index contributed by atoms with van der Waals surface area (Å²) in [5.41, 5.74) is 0. The van der Waals surface area contributed by atoms with E-state index in [-0.39, 0.29) is 12.5 Å². The predicted molar refractivity (Wildman–Crippen MR) is 340 cm³/mol. The second-order valence-electron chi connectivity index (χ2n) is 22.9. The second kappa shape index (κ2) is 66.8. The van der Waals surface area contributed by atoms with Crippen molar-refractivity contribution in [3.05, 3.63) is 85.1 Å². The van der Waals surface area contributed by atoms with Gasteiger partial charge in [-0.3, -0.25) is 4.79 Å². The van der Waals surface area contributed by atoms with E-state index < -0.39 is 12.1 Å². The van der Waals surface area contributed by atoms with Gasteiger partial charge in [0.05, 0.1) is 18.8 Å². The minimum absolute atomic E-state index is 0.0364. The zero-order valence-electron chi connectivity index (χ0n) is 51.0. The first-order valence-electron chi connectivity index (χ1n) is 33.8. The van der Waals surface area contributed by atoms with Gasteiger partial charge in [-0.05, 0) is 70.6 Å². The lowest BCUT2D eigenvalue weighted by Gasteiger charge is -2.22. The molecule has 76 heavy (non-hydrogen) atoms. The summed E-state index contributed by atoms with van der Waals surface area (Å²) in [6.07, 6.45) is 97.6. The van der Waals surface area contributed by atoms with Gasteiger partial charge in [-0.2, -0.15) is 0 Å². The van der Waals surface area contributed by atoms with E-state index >= 15 is 0 Å². The lowest BCUT2D eigenvalue weighted by Crippen LogP contribution is -2.45. The maximum absolute atomic E-state index is 12.6. The maximum Gasteiger partial charge on any atom is 0.220 e. The molecule has 2 atom stereocenters. The van der Waals surface area contributed by atoms with Gasteiger partial charge in [0.25, 0.3) is 0 Å². The first-order valence-corrected chi connectivity index (χ1v) is 33.8. The van der Waals surface area contributed by atoms with Gasteiger partial charge in [0.2, 0.25) is 5.91 Å². The van der Waals surface area contributed by atoms with Crippen LogP contribution in [0.15, 0.2) is 85.1 Å². The lowest BCUT2D eigenvalue weighted by molar-refractivity contribution is -0.123. The van der Waals surface area contributed by atoms with Crippen LogP contribution in [-0.4, -0.2) is 34.9 Å². The molecule has 0 aromatic carbocycles. The van der Waals surface area contributed by atoms with Crippen molar-refractivity contribution in [2.24, 2.45) is 0 Å². The largest absolute Gasteiger partial charge is 0.394 e. The molecular formula is C72H131NO3. The van der Waals surface area contributed by atoms with Crippen molar-refractivity contribution < 1.29 is 15.0 Å². The summed E-state index contributed by atoms with van der Waals surface area (Å²) in [5, 5.41) is 23.5. The van der Waals surface area contributed by atoms with Gasteiger partial charge in [-0.15, -0.1) is 0 Å². The van der Waals surface area contributed by atoms with Crippen LogP contribution in [0, 0.1) is 0 Å². The summed E-state index contributed by atoms with van der Waals surface area (Å²) in [4.78, 5) is 12.6. The molecule has 0 bridgehead atoms. The van der Waals surface area contributed by atoms with Gasteiger partial charge in [0.1, 0.15) is 0 Å². The van der Waals surface area contributed by atoms with E-state index in [4.69, 9.17) is 0 Å². The Bertz CT molecular complexity index is 1340. The first kappa shape index (κ1) is 73.6. The Morgan fingerprint density at radius 3 is 0.868 bits per heavy atom. The van der Waals surface area contributed by atoms with Crippen LogP contribution >= 0.6 is 0 Å². The molecule has 0 rings (SSSR count). The summed E-state index contributed by atoms with van der Waals surface area (Å²) in [6.45, 7) is 4.27. The molecule has 0 aromatic rings. The van der Waals surface area contributed by atoms with E-state index in [0.29, 0.717) is 12.8 Å². The van der Waals surface area contributed by atoms with Gasteiger partial charge < -0.3 is 15.5 Å². The summed E-state index contributed by atoms with van der Waals surface area (Å²) in [5.74, 6) is -0.0364. The average molecular weight is 1060 g/mol. The highest BCUT2D eigenvalue weighted by Crippen LogP contribution is 2.18. The molecule has 0 aromatic heterocycles. The first-order chi connectivity index (χ1) is 37.7. The molecule has 0 heterocycles. The van der Waals surface area contributed by atoms with Gasteiger partial charge >= 0.3 is 0 Å². The molecule has 2 unspecified atom stereocenters. The number of aliphatic hydroxyl groups excluding tert-OH is 2. The highest BCUT2D eigenvalue weighted by atomic mass is 16.3. The topological polar surface area (TPSA) is 69.6 Å². The number of hydrogen-bond acceptors (Lipinski definition) is 3. The number of aliphatic hydroxyl groups is 2. The summed E-state index contributed by atoms with van der Waals surface area (Å²) < 4.78 is 0. The number of unbranched alkanes of at least 4 members (excludes halogenated alkanes) is 41. The molecule has 442 valence electrons. The van der Waals surface area contributed by atoms with Crippen LogP contribution in [-0.2, 0) is 4.79 Å². The molecular weight excluding hydrogens is 927 g/mol. The molecule has 0 spiro atoms. The number of carbonyl (C=O) groups excluding carboxylic acids is 1. The fourth-order valence-corrected chi connectivity index (χ4v) is 10.3. The van der Waals surface area contributed by atoms with Crippen LogP contribution in [0.4, 0.5) is 0 Å². The Balaban J connectivity index is 3.47. The van der Waals surface area contributed by atoms with Gasteiger partial charge in [-0.1, -0.05) is 356 Å². The average Bonchev–Trinajstić information content (AvgIpc) is 3.42. The Morgan fingerprint density at radius 1 is 0.329 bits per heavy atom. The minimum atomic E-state index is -0.670. The van der Waals surface area contributed by atoms with Crippen molar-refractivity contribution in [1.29, 1.82) is 0 Å². The Morgan fingerprint density at radius 2 is 0.579 bits per heavy atom. The van der Waals surface area contributed by atoms with Crippen molar-refractivity contribution >= 4 is 5.91 Å². The van der Waals surface area contributed by atoms with E-state index in [1.54, 1.807) is 0 Å². The van der Waals surface area contributed by atoms with E-state index in [9.17, 15) is 15.0 Å². The summed E-state index contributed by atoms with van der Waals surface area (Å²) in [7, 11) is 0. The molecule has 0 aliphatic carbocycles. The van der Waals surface area contributed by atoms with Crippen molar-refractivity contribution in [3.8, 4) is 0 Å². The van der Waals surface area contributed by atoms with Crippen LogP contribution in [0.1, 0.15) is 348 Å². The van der Waals surface area contributed by atoms with Crippen LogP contribution in [0.3, 0.4) is 0 Å². The summed E-state index contributed by atoms with van der Waals surface area (Å²) in [6, 6.07) is -0.547. The number of nitrogens with one attached hydrogen (secondary N) is 1. The van der Waals surface area contributed by atoms with E-state index in [2.05, 4.69) is 104 Å². The molecule has 4 heteroatoms. The fourth-order valence-electron chi connectivity index (χ4n) is 10.3. The van der Waals surface area contributed by atoms with Crippen LogP contribution < -0.4 is 5.32 Å². The van der Waals surface area contributed by atoms with Crippen molar-refractivity contribution in [2.75, 3.05) is 6.61 Å². The van der Waals surface area contributed by atoms with Crippen molar-refractivity contribution in [2.45, 2.75) is 360 Å². The second-order valence-corrected chi connectivity index (χ2v) is 22.9. The molecule has 4 nitrogen and oxygen atoms in total. The van der Waals surface area contributed by atoms with Crippen molar-refractivity contribution in [1.82, 2.24) is 5.32 Å². The van der Waals surface area contributed by atoms with E-state index in [1.165, 1.54) is 250 Å². The zero-order valence-corrected chi connectivity index (χ0v) is 51.0. The fraction of sp³-hybridized carbons (Fsp3) is 0.792. The van der Waals surface area contributed by atoms with Crippen LogP contribution in [0.2, 0.25) is 0 Å². The van der Waals surface area contributed by atoms with E-state index in [1.807, 2.05) is 0 Å². The van der Waals surface area contributed by atoms with Crippen LogP contribution in [0.5, 0.6) is 0 Å². The highest BCUT2D eigenvalue weighted by Gasteiger charge is 2.20. The van der Waals surface area contributed by atoms with Gasteiger partial charge in [0.15, 0.2) is 0 Å². The molecule has 0 aliphatic rings. The standard InChI is InChI=1S/C72H131NO3/c1-3-5-7-9-11-13-15-17-19-21-23-25-27-29-31-33-35-36-38-39-41-43-45-47-49-51-53-55-57-59-61-63-65-67-71(75)70(69-74)73-72(76)68-66-64-62-60-58-56-54-52-50-48-46-44-42-40-37-34-32-30-28-26-24-22-20-18-16-14-12-10-8-6-4-2/h6,8,12,14,18,20,24,26,30,32,37,40,44,46,70-71,74-75H,3-5,7,9-11,13,15-17,19,21-23,25,27-29,31,33-36,38-39,41-43,45,47-69H2,1-2H3,(H,73,76)/b8-6-,14-12-,20-18-,26-24-,32-30-,40-37-,46-44-. The number of hydrogen-bond donors (Lipinski definition) is 3. The number of carbonyl (C=O) groups is 1. The Hall–Kier alpha value is -2.43. The predicted octanol–water partition coefficient (Wildman–Crippen LogP) is 23.0. The molecule has 0 aliphatic heterocycles. The lowest BCUT2D eigenvalue weighted by atomic mass is 10.0. The molecule has 0 radical (unpaired) electrons. The third kappa shape index (κ3) is 62.4. The molecule has 1 amide bonds. The molecule has 0 saturated heterocycles. The zero-order chi connectivity index (χ0) is 54.8. The molecule has 0 saturated carbocycles. The Labute approximate surface area is 475 Å². The number of rotatable bonds is 62. The minimum Gasteiger partial charge on any atom is -0.394 e. The third-order valence-corrected chi connectivity index (χ3v) is 15.4. The summed E-state index contributed by atoms with van der Waals surface area (Å²) >= 11 is 0. The monoisotopic (exact) mass is 1060 g/mol. The van der Waals surface area contributed by atoms with E-state index in [0.717, 1.165) is 70.6 Å². The Kier molecular flexibility index (Phi) is 64.7. The van der Waals surface area contributed by atoms with Gasteiger partial charge in [0, 0.05) is 6.42 Å². The van der Waals surface area contributed by atoms with Crippen LogP contribution in [0.25, 0.3) is 0 Å².